The molecule has 0 aliphatic heterocycles. The third-order valence-electron chi connectivity index (χ3n) is 2.67. The van der Waals surface area contributed by atoms with Crippen LogP contribution < -0.4 is 11.1 Å². The van der Waals surface area contributed by atoms with E-state index in [2.05, 4.69) is 21.2 Å². The lowest BCUT2D eigenvalue weighted by molar-refractivity contribution is -0.136. The summed E-state index contributed by atoms with van der Waals surface area (Å²) in [5.41, 5.74) is 4.69. The molecule has 112 valence electrons. The van der Waals surface area contributed by atoms with Crippen LogP contribution in [0.5, 0.6) is 0 Å². The molecule has 2 aromatic rings. The number of rotatable bonds is 2. The Morgan fingerprint density at radius 1 is 1.05 bits per heavy atom. The Morgan fingerprint density at radius 2 is 1.71 bits per heavy atom. The van der Waals surface area contributed by atoms with Crippen LogP contribution in [0.3, 0.4) is 0 Å². The van der Waals surface area contributed by atoms with Crippen molar-refractivity contribution in [2.75, 3.05) is 11.1 Å². The molecule has 8 heteroatoms. The van der Waals surface area contributed by atoms with Crippen LogP contribution >= 0.6 is 39.1 Å². The first-order chi connectivity index (χ1) is 9.70. The number of halogens is 6. The molecular weight excluding hydrogens is 392 g/mol. The number of nitrogen functional groups attached to an aromatic ring is 1. The first kappa shape index (κ1) is 16.3. The topological polar surface area (TPSA) is 38.0 Å². The van der Waals surface area contributed by atoms with Gasteiger partial charge in [-0.2, -0.15) is 13.2 Å². The number of benzene rings is 2. The maximum Gasteiger partial charge on any atom is 0.418 e. The molecule has 2 rings (SSSR count). The zero-order chi connectivity index (χ0) is 15.8. The van der Waals surface area contributed by atoms with Gasteiger partial charge in [0.2, 0.25) is 0 Å². The van der Waals surface area contributed by atoms with Crippen LogP contribution in [0.15, 0.2) is 34.8 Å². The third kappa shape index (κ3) is 3.56. The molecule has 0 aliphatic rings. The van der Waals surface area contributed by atoms with Gasteiger partial charge in [-0.1, -0.05) is 23.2 Å². The number of anilines is 3. The van der Waals surface area contributed by atoms with E-state index < -0.39 is 11.7 Å². The number of hydrogen-bond donors (Lipinski definition) is 2. The molecule has 0 saturated carbocycles. The molecule has 0 atom stereocenters. The smallest absolute Gasteiger partial charge is 0.398 e. The van der Waals surface area contributed by atoms with Crippen molar-refractivity contribution in [1.29, 1.82) is 0 Å². The molecule has 0 amide bonds. The monoisotopic (exact) mass is 398 g/mol. The number of nitrogens with one attached hydrogen (secondary N) is 1. The van der Waals surface area contributed by atoms with E-state index in [-0.39, 0.29) is 21.4 Å². The second-order valence-electron chi connectivity index (χ2n) is 4.15. The highest BCUT2D eigenvalue weighted by molar-refractivity contribution is 9.10. The number of nitrogens with two attached hydrogens (primary N) is 1. The zero-order valence-electron chi connectivity index (χ0n) is 10.2. The summed E-state index contributed by atoms with van der Waals surface area (Å²) >= 11 is 15.2. The Morgan fingerprint density at radius 3 is 2.33 bits per heavy atom. The normalized spacial score (nSPS) is 11.5. The standard InChI is InChI=1S/C13H8BrCl2F3N2/c14-8-2-4-10(12(16)11(8)15)21-6-1-3-9(20)7(5-6)13(17,18)19/h1-5,21H,20H2. The van der Waals surface area contributed by atoms with Crippen molar-refractivity contribution in [3.63, 3.8) is 0 Å². The van der Waals surface area contributed by atoms with Crippen LogP contribution in [-0.2, 0) is 6.18 Å². The van der Waals surface area contributed by atoms with E-state index in [1.807, 2.05) is 0 Å². The summed E-state index contributed by atoms with van der Waals surface area (Å²) in [5.74, 6) is 0. The Kier molecular flexibility index (Phi) is 4.60. The Bertz CT molecular complexity index is 690. The van der Waals surface area contributed by atoms with E-state index in [1.165, 1.54) is 12.1 Å². The summed E-state index contributed by atoms with van der Waals surface area (Å²) in [6.07, 6.45) is -4.52. The van der Waals surface area contributed by atoms with Crippen molar-refractivity contribution >= 4 is 56.2 Å². The summed E-state index contributed by atoms with van der Waals surface area (Å²) in [5, 5.41) is 3.26. The van der Waals surface area contributed by atoms with Crippen molar-refractivity contribution in [2.24, 2.45) is 0 Å². The van der Waals surface area contributed by atoms with E-state index in [0.717, 1.165) is 6.07 Å². The molecule has 0 bridgehead atoms. The predicted molar refractivity (Wildman–Crippen MR) is 83.3 cm³/mol. The van der Waals surface area contributed by atoms with Crippen molar-refractivity contribution in [3.05, 3.63) is 50.4 Å². The van der Waals surface area contributed by atoms with Crippen LogP contribution in [-0.4, -0.2) is 0 Å². The van der Waals surface area contributed by atoms with Gasteiger partial charge in [0.15, 0.2) is 0 Å². The fourth-order valence-corrected chi connectivity index (χ4v) is 2.48. The molecule has 2 aromatic carbocycles. The van der Waals surface area contributed by atoms with Crippen molar-refractivity contribution in [1.82, 2.24) is 0 Å². The van der Waals surface area contributed by atoms with Crippen LogP contribution in [0.4, 0.5) is 30.2 Å². The highest BCUT2D eigenvalue weighted by atomic mass is 79.9. The summed E-state index contributed by atoms with van der Waals surface area (Å²) in [4.78, 5) is 0. The molecule has 0 aliphatic carbocycles. The summed E-state index contributed by atoms with van der Waals surface area (Å²) in [7, 11) is 0. The van der Waals surface area contributed by atoms with Crippen LogP contribution in [0, 0.1) is 0 Å². The van der Waals surface area contributed by atoms with Crippen molar-refractivity contribution in [3.8, 4) is 0 Å². The first-order valence-electron chi connectivity index (χ1n) is 5.57. The lowest BCUT2D eigenvalue weighted by Gasteiger charge is -2.14. The largest absolute Gasteiger partial charge is 0.418 e. The van der Waals surface area contributed by atoms with Gasteiger partial charge in [0.1, 0.15) is 0 Å². The first-order valence-corrected chi connectivity index (χ1v) is 7.12. The summed E-state index contributed by atoms with van der Waals surface area (Å²) < 4.78 is 39.0. The molecule has 0 aromatic heterocycles. The minimum atomic E-state index is -4.52. The predicted octanol–water partition coefficient (Wildman–Crippen LogP) is 6.10. The van der Waals surface area contributed by atoms with Crippen molar-refractivity contribution < 1.29 is 13.2 Å². The highest BCUT2D eigenvalue weighted by Crippen LogP contribution is 2.39. The molecule has 0 saturated heterocycles. The van der Waals surface area contributed by atoms with Gasteiger partial charge >= 0.3 is 6.18 Å². The molecule has 0 radical (unpaired) electrons. The average Bonchev–Trinajstić information content (AvgIpc) is 2.40. The lowest BCUT2D eigenvalue weighted by Crippen LogP contribution is -2.09. The van der Waals surface area contributed by atoms with Gasteiger partial charge in [-0.25, -0.2) is 0 Å². The van der Waals surface area contributed by atoms with Crippen molar-refractivity contribution in [2.45, 2.75) is 6.18 Å². The quantitative estimate of drug-likeness (QED) is 0.472. The minimum absolute atomic E-state index is 0.205. The Hall–Kier alpha value is -1.11. The van der Waals surface area contributed by atoms with Gasteiger partial charge in [0.05, 0.1) is 21.3 Å². The van der Waals surface area contributed by atoms with E-state index in [1.54, 1.807) is 12.1 Å². The van der Waals surface area contributed by atoms with E-state index >= 15 is 0 Å². The van der Waals surface area contributed by atoms with Gasteiger partial charge in [0.25, 0.3) is 0 Å². The molecule has 0 fully saturated rings. The van der Waals surface area contributed by atoms with E-state index in [4.69, 9.17) is 28.9 Å². The molecular formula is C13H8BrCl2F3N2. The van der Waals surface area contributed by atoms with Gasteiger partial charge in [-0.3, -0.25) is 0 Å². The van der Waals surface area contributed by atoms with Crippen LogP contribution in [0.1, 0.15) is 5.56 Å². The summed E-state index contributed by atoms with van der Waals surface area (Å²) in [6.45, 7) is 0. The van der Waals surface area contributed by atoms with Crippen LogP contribution in [0.25, 0.3) is 0 Å². The fraction of sp³-hybridized carbons (Fsp3) is 0.0769. The maximum atomic E-state index is 12.8. The molecule has 0 spiro atoms. The summed E-state index contributed by atoms with van der Waals surface area (Å²) in [6, 6.07) is 6.76. The van der Waals surface area contributed by atoms with E-state index in [9.17, 15) is 13.2 Å². The molecule has 3 N–H and O–H groups in total. The van der Waals surface area contributed by atoms with Gasteiger partial charge < -0.3 is 11.1 Å². The van der Waals surface area contributed by atoms with Gasteiger partial charge in [0, 0.05) is 15.8 Å². The third-order valence-corrected chi connectivity index (χ3v) is 4.44. The average molecular weight is 400 g/mol. The molecule has 0 heterocycles. The Balaban J connectivity index is 2.39. The second kappa shape index (κ2) is 5.94. The maximum absolute atomic E-state index is 12.8. The second-order valence-corrected chi connectivity index (χ2v) is 5.76. The number of hydrogen-bond acceptors (Lipinski definition) is 2. The SMILES string of the molecule is Nc1ccc(Nc2ccc(Br)c(Cl)c2Cl)cc1C(F)(F)F. The Labute approximate surface area is 137 Å². The van der Waals surface area contributed by atoms with E-state index in [0.29, 0.717) is 10.2 Å². The van der Waals surface area contributed by atoms with Gasteiger partial charge in [-0.05, 0) is 46.3 Å². The lowest BCUT2D eigenvalue weighted by atomic mass is 10.1. The zero-order valence-corrected chi connectivity index (χ0v) is 13.3. The molecule has 21 heavy (non-hydrogen) atoms. The molecule has 2 nitrogen and oxygen atoms in total. The minimum Gasteiger partial charge on any atom is -0.398 e. The highest BCUT2D eigenvalue weighted by Gasteiger charge is 2.33. The number of alkyl halides is 3. The van der Waals surface area contributed by atoms with Gasteiger partial charge in [-0.15, -0.1) is 0 Å². The van der Waals surface area contributed by atoms with Crippen LogP contribution in [0.2, 0.25) is 10.0 Å². The fourth-order valence-electron chi connectivity index (χ4n) is 1.66. The molecule has 0 unspecified atom stereocenters.